The highest BCUT2D eigenvalue weighted by Crippen LogP contribution is 2.45. The molecule has 0 aliphatic heterocycles. The maximum Gasteiger partial charge on any atom is 0.149 e. The molecule has 33 heavy (non-hydrogen) atoms. The van der Waals surface area contributed by atoms with Crippen LogP contribution >= 0.6 is 11.6 Å². The maximum absolute atomic E-state index is 15.4. The van der Waals surface area contributed by atoms with Gasteiger partial charge in [-0.2, -0.15) is 0 Å². The Kier molecular flexibility index (Phi) is 9.37. The summed E-state index contributed by atoms with van der Waals surface area (Å²) in [6, 6.07) is 4.18. The summed E-state index contributed by atoms with van der Waals surface area (Å²) < 4.78 is 15.4. The Morgan fingerprint density at radius 1 is 0.848 bits per heavy atom. The lowest BCUT2D eigenvalue weighted by molar-refractivity contribution is 0.187. The van der Waals surface area contributed by atoms with Crippen LogP contribution in [-0.2, 0) is 0 Å². The van der Waals surface area contributed by atoms with Gasteiger partial charge in [0.05, 0.1) is 5.02 Å². The molecule has 0 heterocycles. The third-order valence-corrected chi connectivity index (χ3v) is 9.93. The van der Waals surface area contributed by atoms with E-state index < -0.39 is 0 Å². The zero-order valence-corrected chi connectivity index (χ0v) is 21.9. The average Bonchev–Trinajstić information content (AvgIpc) is 2.86. The largest absolute Gasteiger partial charge is 0.205 e. The molecular weight excluding hydrogens is 427 g/mol. The molecule has 1 aromatic rings. The highest BCUT2D eigenvalue weighted by molar-refractivity contribution is 6.31. The van der Waals surface area contributed by atoms with Crippen molar-refractivity contribution in [1.82, 2.24) is 0 Å². The van der Waals surface area contributed by atoms with Gasteiger partial charge >= 0.3 is 0 Å². The normalized spacial score (nSPS) is 30.8. The van der Waals surface area contributed by atoms with E-state index in [4.69, 9.17) is 11.6 Å². The minimum Gasteiger partial charge on any atom is -0.205 e. The van der Waals surface area contributed by atoms with Gasteiger partial charge in [-0.05, 0) is 98.5 Å². The molecule has 0 aromatic heterocycles. The van der Waals surface area contributed by atoms with Crippen LogP contribution in [-0.4, -0.2) is 0 Å². The minimum atomic E-state index is -0.163. The molecule has 4 rings (SSSR count). The van der Waals surface area contributed by atoms with Crippen LogP contribution in [0.15, 0.2) is 18.2 Å². The molecule has 1 unspecified atom stereocenters. The van der Waals surface area contributed by atoms with E-state index in [0.717, 1.165) is 60.5 Å². The molecule has 2 heteroatoms. The van der Waals surface area contributed by atoms with Crippen molar-refractivity contribution in [2.45, 2.75) is 122 Å². The molecule has 0 saturated heterocycles. The first kappa shape index (κ1) is 25.3. The fourth-order valence-electron chi connectivity index (χ4n) is 7.17. The van der Waals surface area contributed by atoms with Gasteiger partial charge in [0.2, 0.25) is 0 Å². The molecule has 1 atom stereocenters. The van der Waals surface area contributed by atoms with E-state index >= 15 is 4.39 Å². The molecule has 0 N–H and O–H groups in total. The van der Waals surface area contributed by atoms with Gasteiger partial charge in [0.15, 0.2) is 0 Å². The van der Waals surface area contributed by atoms with Gasteiger partial charge in [0.1, 0.15) is 5.82 Å². The zero-order valence-electron chi connectivity index (χ0n) is 21.2. The lowest BCUT2D eigenvalue weighted by atomic mass is 9.70. The molecule has 0 spiro atoms. The van der Waals surface area contributed by atoms with Crippen molar-refractivity contribution >= 4 is 17.2 Å². The molecule has 0 amide bonds. The number of allylic oxidation sites excluding steroid dienone is 2. The number of benzene rings is 1. The Morgan fingerprint density at radius 3 is 2.21 bits per heavy atom. The van der Waals surface area contributed by atoms with Crippen LogP contribution in [0.4, 0.5) is 4.39 Å². The molecule has 184 valence electrons. The highest BCUT2D eigenvalue weighted by Gasteiger charge is 2.30. The molecule has 3 aliphatic carbocycles. The summed E-state index contributed by atoms with van der Waals surface area (Å²) in [5, 5.41) is 0.400. The highest BCUT2D eigenvalue weighted by atomic mass is 35.5. The van der Waals surface area contributed by atoms with E-state index in [2.05, 4.69) is 26.0 Å². The second-order valence-electron chi connectivity index (χ2n) is 11.5. The lowest BCUT2D eigenvalue weighted by Gasteiger charge is -2.35. The number of unbranched alkanes of at least 4 members (excludes halogenated alkanes) is 2. The third kappa shape index (κ3) is 6.25. The number of hydrogen-bond donors (Lipinski definition) is 0. The third-order valence-electron chi connectivity index (χ3n) is 9.55. The summed E-state index contributed by atoms with van der Waals surface area (Å²) in [5.41, 5.74) is 3.02. The standard InChI is InChI=1S/C31H46ClF/c1-3-5-6-7-23-10-12-24(13-11-23)25-16-18-27(19-17-25)29-21-20-28(30(32)31(29)33)26-14-8-22(4-2)9-15-26/h18,20-26H,3-17,19H2,1-2H3. The van der Waals surface area contributed by atoms with Crippen molar-refractivity contribution in [3.8, 4) is 0 Å². The minimum absolute atomic E-state index is 0.163. The molecule has 2 fully saturated rings. The van der Waals surface area contributed by atoms with Gasteiger partial charge in [0, 0.05) is 5.56 Å². The number of hydrogen-bond acceptors (Lipinski definition) is 0. The quantitative estimate of drug-likeness (QED) is 0.330. The van der Waals surface area contributed by atoms with Gasteiger partial charge in [-0.15, -0.1) is 0 Å². The monoisotopic (exact) mass is 472 g/mol. The molecule has 3 aliphatic rings. The van der Waals surface area contributed by atoms with Crippen molar-refractivity contribution in [3.63, 3.8) is 0 Å². The summed E-state index contributed by atoms with van der Waals surface area (Å²) >= 11 is 6.63. The summed E-state index contributed by atoms with van der Waals surface area (Å²) in [4.78, 5) is 0. The van der Waals surface area contributed by atoms with Crippen LogP contribution in [0.25, 0.3) is 5.57 Å². The Morgan fingerprint density at radius 2 is 1.58 bits per heavy atom. The molecule has 1 aromatic carbocycles. The van der Waals surface area contributed by atoms with Crippen LogP contribution in [0.1, 0.15) is 134 Å². The topological polar surface area (TPSA) is 0 Å². The van der Waals surface area contributed by atoms with E-state index in [-0.39, 0.29) is 5.82 Å². The maximum atomic E-state index is 15.4. The van der Waals surface area contributed by atoms with Crippen LogP contribution in [0.5, 0.6) is 0 Å². The van der Waals surface area contributed by atoms with E-state index in [1.165, 1.54) is 82.6 Å². The SMILES string of the molecule is CCCCCC1CCC(C2CC=C(c3ccc(C4CCC(CC)CC4)c(Cl)c3F)CC2)CC1. The summed E-state index contributed by atoms with van der Waals surface area (Å²) in [6.45, 7) is 4.59. The average molecular weight is 473 g/mol. The fraction of sp³-hybridized carbons (Fsp3) is 0.742. The number of halogens is 2. The number of rotatable bonds is 8. The Labute approximate surface area is 207 Å². The van der Waals surface area contributed by atoms with Crippen molar-refractivity contribution in [3.05, 3.63) is 40.2 Å². The van der Waals surface area contributed by atoms with E-state index in [1.807, 2.05) is 6.07 Å². The smallest absolute Gasteiger partial charge is 0.149 e. The van der Waals surface area contributed by atoms with Gasteiger partial charge in [-0.1, -0.05) is 88.6 Å². The Bertz CT molecular complexity index is 780. The van der Waals surface area contributed by atoms with E-state index in [9.17, 15) is 0 Å². The Hall–Kier alpha value is -0.820. The van der Waals surface area contributed by atoms with Crippen molar-refractivity contribution in [1.29, 1.82) is 0 Å². The van der Waals surface area contributed by atoms with Crippen molar-refractivity contribution in [2.24, 2.45) is 23.7 Å². The van der Waals surface area contributed by atoms with Crippen LogP contribution in [0.3, 0.4) is 0 Å². The van der Waals surface area contributed by atoms with Crippen molar-refractivity contribution in [2.75, 3.05) is 0 Å². The zero-order chi connectivity index (χ0) is 23.2. The first-order valence-electron chi connectivity index (χ1n) is 14.3. The molecule has 2 saturated carbocycles. The van der Waals surface area contributed by atoms with Gasteiger partial charge in [-0.25, -0.2) is 4.39 Å². The molecule has 0 radical (unpaired) electrons. The first-order chi connectivity index (χ1) is 16.1. The first-order valence-corrected chi connectivity index (χ1v) is 14.7. The van der Waals surface area contributed by atoms with Crippen LogP contribution in [0.2, 0.25) is 5.02 Å². The molecular formula is C31H46ClF. The van der Waals surface area contributed by atoms with Crippen LogP contribution in [0, 0.1) is 29.5 Å². The summed E-state index contributed by atoms with van der Waals surface area (Å²) in [6.07, 6.45) is 23.1. The van der Waals surface area contributed by atoms with Crippen LogP contribution < -0.4 is 0 Å². The second-order valence-corrected chi connectivity index (χ2v) is 11.9. The van der Waals surface area contributed by atoms with Gasteiger partial charge < -0.3 is 0 Å². The second kappa shape index (κ2) is 12.2. The Balaban J connectivity index is 1.33. The van der Waals surface area contributed by atoms with Gasteiger partial charge in [0.25, 0.3) is 0 Å². The lowest BCUT2D eigenvalue weighted by Crippen LogP contribution is -2.23. The predicted octanol–water partition coefficient (Wildman–Crippen LogP) is 10.7. The van der Waals surface area contributed by atoms with E-state index in [0.29, 0.717) is 10.9 Å². The van der Waals surface area contributed by atoms with E-state index in [1.54, 1.807) is 0 Å². The summed E-state index contributed by atoms with van der Waals surface area (Å²) in [7, 11) is 0. The summed E-state index contributed by atoms with van der Waals surface area (Å²) in [5.74, 6) is 3.79. The fourth-order valence-corrected chi connectivity index (χ4v) is 7.49. The predicted molar refractivity (Wildman–Crippen MR) is 141 cm³/mol. The van der Waals surface area contributed by atoms with Gasteiger partial charge in [-0.3, -0.25) is 0 Å². The van der Waals surface area contributed by atoms with Crippen molar-refractivity contribution < 1.29 is 4.39 Å². The molecule has 0 nitrogen and oxygen atoms in total. The molecule has 0 bridgehead atoms.